The molecule has 0 heterocycles. The lowest BCUT2D eigenvalue weighted by Gasteiger charge is -2.17. The minimum atomic E-state index is -0.962. The van der Waals surface area contributed by atoms with Crippen molar-refractivity contribution in [2.45, 2.75) is 45.8 Å². The molecule has 0 spiro atoms. The van der Waals surface area contributed by atoms with Crippen LogP contribution >= 0.6 is 0 Å². The molecule has 0 aliphatic rings. The Morgan fingerprint density at radius 2 is 1.93 bits per heavy atom. The normalized spacial score (nSPS) is 15.5. The standard InChI is InChI=1S/C10H21NO3/c1-7(2)4-8(3)11-6-9(12)5-10(13)14/h7-9,11-12H,4-6H2,1-3H3,(H,13,14). The van der Waals surface area contributed by atoms with E-state index in [0.29, 0.717) is 18.5 Å². The summed E-state index contributed by atoms with van der Waals surface area (Å²) in [6.45, 7) is 6.64. The number of hydrogen-bond acceptors (Lipinski definition) is 3. The highest BCUT2D eigenvalue weighted by molar-refractivity contribution is 5.67. The molecule has 0 aromatic carbocycles. The van der Waals surface area contributed by atoms with E-state index in [4.69, 9.17) is 5.11 Å². The molecule has 0 bridgehead atoms. The summed E-state index contributed by atoms with van der Waals surface area (Å²) in [5.74, 6) is -0.357. The molecule has 4 nitrogen and oxygen atoms in total. The molecule has 3 N–H and O–H groups in total. The van der Waals surface area contributed by atoms with Crippen molar-refractivity contribution >= 4 is 5.97 Å². The van der Waals surface area contributed by atoms with Gasteiger partial charge in [-0.1, -0.05) is 13.8 Å². The van der Waals surface area contributed by atoms with Crippen molar-refractivity contribution in [3.05, 3.63) is 0 Å². The highest BCUT2D eigenvalue weighted by Crippen LogP contribution is 2.03. The van der Waals surface area contributed by atoms with Gasteiger partial charge in [0.05, 0.1) is 12.5 Å². The Hall–Kier alpha value is -0.610. The Morgan fingerprint density at radius 1 is 1.36 bits per heavy atom. The van der Waals surface area contributed by atoms with Crippen molar-refractivity contribution in [3.8, 4) is 0 Å². The fraction of sp³-hybridized carbons (Fsp3) is 0.900. The molecule has 0 amide bonds. The summed E-state index contributed by atoms with van der Waals surface area (Å²) in [7, 11) is 0. The Kier molecular flexibility index (Phi) is 6.49. The first-order chi connectivity index (χ1) is 6.41. The SMILES string of the molecule is CC(C)CC(C)NCC(O)CC(=O)O. The van der Waals surface area contributed by atoms with E-state index in [9.17, 15) is 9.90 Å². The van der Waals surface area contributed by atoms with Gasteiger partial charge in [-0.25, -0.2) is 0 Å². The molecule has 0 radical (unpaired) electrons. The van der Waals surface area contributed by atoms with Gasteiger partial charge in [0.15, 0.2) is 0 Å². The fourth-order valence-electron chi connectivity index (χ4n) is 1.40. The van der Waals surface area contributed by atoms with Crippen LogP contribution in [-0.4, -0.2) is 34.9 Å². The second-order valence-electron chi connectivity index (χ2n) is 4.19. The maximum absolute atomic E-state index is 10.2. The second-order valence-corrected chi connectivity index (χ2v) is 4.19. The minimum absolute atomic E-state index is 0.193. The van der Waals surface area contributed by atoms with E-state index in [1.165, 1.54) is 0 Å². The number of hydrogen-bond donors (Lipinski definition) is 3. The maximum atomic E-state index is 10.2. The number of carboxylic acid groups (broad SMARTS) is 1. The van der Waals surface area contributed by atoms with Crippen molar-refractivity contribution in [2.75, 3.05) is 6.54 Å². The molecule has 2 atom stereocenters. The zero-order chi connectivity index (χ0) is 11.1. The molecule has 0 aromatic heterocycles. The Balaban J connectivity index is 3.55. The van der Waals surface area contributed by atoms with Crippen molar-refractivity contribution in [2.24, 2.45) is 5.92 Å². The lowest BCUT2D eigenvalue weighted by molar-refractivity contribution is -0.139. The third-order valence-electron chi connectivity index (χ3n) is 1.94. The van der Waals surface area contributed by atoms with Gasteiger partial charge in [0.1, 0.15) is 0 Å². The Morgan fingerprint density at radius 3 is 2.36 bits per heavy atom. The van der Waals surface area contributed by atoms with E-state index in [1.54, 1.807) is 0 Å². The Labute approximate surface area is 85.3 Å². The monoisotopic (exact) mass is 203 g/mol. The first-order valence-electron chi connectivity index (χ1n) is 5.05. The molecule has 0 saturated heterocycles. The van der Waals surface area contributed by atoms with Crippen LogP contribution in [0.5, 0.6) is 0 Å². The molecular formula is C10H21NO3. The van der Waals surface area contributed by atoms with Crippen molar-refractivity contribution < 1.29 is 15.0 Å². The van der Waals surface area contributed by atoms with E-state index in [0.717, 1.165) is 6.42 Å². The van der Waals surface area contributed by atoms with Crippen molar-refractivity contribution in [3.63, 3.8) is 0 Å². The highest BCUT2D eigenvalue weighted by atomic mass is 16.4. The van der Waals surface area contributed by atoms with Crippen LogP contribution in [0.4, 0.5) is 0 Å². The van der Waals surface area contributed by atoms with Gasteiger partial charge in [0.25, 0.3) is 0 Å². The number of rotatable bonds is 7. The van der Waals surface area contributed by atoms with Gasteiger partial charge in [0.2, 0.25) is 0 Å². The van der Waals surface area contributed by atoms with Gasteiger partial charge < -0.3 is 15.5 Å². The first-order valence-corrected chi connectivity index (χ1v) is 5.05. The van der Waals surface area contributed by atoms with Gasteiger partial charge in [-0.15, -0.1) is 0 Å². The summed E-state index contributed by atoms with van der Waals surface area (Å²) >= 11 is 0. The smallest absolute Gasteiger partial charge is 0.306 e. The summed E-state index contributed by atoms with van der Waals surface area (Å²) < 4.78 is 0. The van der Waals surface area contributed by atoms with Crippen LogP contribution in [0.2, 0.25) is 0 Å². The van der Waals surface area contributed by atoms with Crippen molar-refractivity contribution in [1.29, 1.82) is 0 Å². The molecule has 84 valence electrons. The predicted octanol–water partition coefficient (Wildman–Crippen LogP) is 0.846. The van der Waals surface area contributed by atoms with Gasteiger partial charge in [-0.2, -0.15) is 0 Å². The average molecular weight is 203 g/mol. The third-order valence-corrected chi connectivity index (χ3v) is 1.94. The maximum Gasteiger partial charge on any atom is 0.306 e. The molecule has 2 unspecified atom stereocenters. The van der Waals surface area contributed by atoms with Crippen LogP contribution < -0.4 is 5.32 Å². The summed E-state index contributed by atoms with van der Waals surface area (Å²) in [5.41, 5.74) is 0. The largest absolute Gasteiger partial charge is 0.481 e. The molecule has 0 aliphatic heterocycles. The summed E-state index contributed by atoms with van der Waals surface area (Å²) in [4.78, 5) is 10.2. The number of aliphatic hydroxyl groups excluding tert-OH is 1. The lowest BCUT2D eigenvalue weighted by Crippen LogP contribution is -2.35. The summed E-state index contributed by atoms with van der Waals surface area (Å²) in [5, 5.41) is 20.8. The molecule has 0 rings (SSSR count). The molecule has 0 aliphatic carbocycles. The molecule has 14 heavy (non-hydrogen) atoms. The zero-order valence-corrected chi connectivity index (χ0v) is 9.16. The predicted molar refractivity (Wildman–Crippen MR) is 55.2 cm³/mol. The second kappa shape index (κ2) is 6.79. The van der Waals surface area contributed by atoms with Gasteiger partial charge in [-0.3, -0.25) is 4.79 Å². The number of aliphatic carboxylic acids is 1. The van der Waals surface area contributed by atoms with E-state index >= 15 is 0 Å². The average Bonchev–Trinajstić information content (AvgIpc) is 1.98. The Bertz CT molecular complexity index is 171. The fourth-order valence-corrected chi connectivity index (χ4v) is 1.40. The lowest BCUT2D eigenvalue weighted by atomic mass is 10.1. The number of nitrogens with one attached hydrogen (secondary N) is 1. The van der Waals surface area contributed by atoms with Gasteiger partial charge in [-0.05, 0) is 19.3 Å². The van der Waals surface area contributed by atoms with Crippen LogP contribution in [0.3, 0.4) is 0 Å². The zero-order valence-electron chi connectivity index (χ0n) is 9.16. The van der Waals surface area contributed by atoms with E-state index < -0.39 is 12.1 Å². The number of carbonyl (C=O) groups is 1. The van der Waals surface area contributed by atoms with Gasteiger partial charge in [0, 0.05) is 12.6 Å². The van der Waals surface area contributed by atoms with Crippen LogP contribution in [0.25, 0.3) is 0 Å². The van der Waals surface area contributed by atoms with Gasteiger partial charge >= 0.3 is 5.97 Å². The van der Waals surface area contributed by atoms with Crippen LogP contribution in [-0.2, 0) is 4.79 Å². The van der Waals surface area contributed by atoms with E-state index in [1.807, 2.05) is 6.92 Å². The summed E-state index contributed by atoms with van der Waals surface area (Å²) in [6.07, 6.45) is 0.0448. The molecule has 0 aromatic rings. The molecule has 4 heteroatoms. The molecular weight excluding hydrogens is 182 g/mol. The van der Waals surface area contributed by atoms with Crippen molar-refractivity contribution in [1.82, 2.24) is 5.32 Å². The minimum Gasteiger partial charge on any atom is -0.481 e. The quantitative estimate of drug-likeness (QED) is 0.573. The van der Waals surface area contributed by atoms with Crippen LogP contribution in [0.15, 0.2) is 0 Å². The molecule has 0 saturated carbocycles. The topological polar surface area (TPSA) is 69.6 Å². The third kappa shape index (κ3) is 8.01. The van der Waals surface area contributed by atoms with Crippen LogP contribution in [0.1, 0.15) is 33.6 Å². The van der Waals surface area contributed by atoms with E-state index in [2.05, 4.69) is 19.2 Å². The first kappa shape index (κ1) is 13.4. The van der Waals surface area contributed by atoms with Crippen LogP contribution in [0, 0.1) is 5.92 Å². The number of aliphatic hydroxyl groups is 1. The summed E-state index contributed by atoms with van der Waals surface area (Å²) in [6, 6.07) is 0.318. The number of carboxylic acids is 1. The van der Waals surface area contributed by atoms with E-state index in [-0.39, 0.29) is 6.42 Å². The molecule has 0 fully saturated rings. The highest BCUT2D eigenvalue weighted by Gasteiger charge is 2.11.